The first-order valence-electron chi connectivity index (χ1n) is 11.3. The molecule has 4 rings (SSSR count). The third-order valence-corrected chi connectivity index (χ3v) is 6.21. The number of piperazine rings is 1. The largest absolute Gasteiger partial charge is 0.364 e. The fraction of sp³-hybridized carbons (Fsp3) is 0.375. The molecule has 0 unspecified atom stereocenters. The van der Waals surface area contributed by atoms with Gasteiger partial charge in [-0.05, 0) is 42.8 Å². The molecular formula is C24H26N6O4. The van der Waals surface area contributed by atoms with Crippen molar-refractivity contribution in [2.75, 3.05) is 57.3 Å². The number of nitro groups is 1. The van der Waals surface area contributed by atoms with Crippen LogP contribution in [0.4, 0.5) is 11.4 Å². The maximum atomic E-state index is 12.9. The highest BCUT2D eigenvalue weighted by molar-refractivity contribution is 5.96. The van der Waals surface area contributed by atoms with Crippen LogP contribution in [-0.4, -0.2) is 78.9 Å². The summed E-state index contributed by atoms with van der Waals surface area (Å²) < 4.78 is 0. The Balaban J connectivity index is 1.49. The Bertz CT molecular complexity index is 1120. The molecule has 10 nitrogen and oxygen atoms in total. The van der Waals surface area contributed by atoms with E-state index in [2.05, 4.69) is 5.32 Å². The summed E-state index contributed by atoms with van der Waals surface area (Å²) in [4.78, 5) is 42.5. The Morgan fingerprint density at radius 1 is 0.882 bits per heavy atom. The van der Waals surface area contributed by atoms with Gasteiger partial charge in [0.1, 0.15) is 5.69 Å². The fourth-order valence-corrected chi connectivity index (χ4v) is 4.35. The maximum Gasteiger partial charge on any atom is 0.293 e. The average Bonchev–Trinajstić information content (AvgIpc) is 3.14. The van der Waals surface area contributed by atoms with Crippen molar-refractivity contribution >= 4 is 23.2 Å². The third kappa shape index (κ3) is 5.00. The molecule has 176 valence electrons. The number of amides is 2. The second-order valence-electron chi connectivity index (χ2n) is 8.32. The van der Waals surface area contributed by atoms with Crippen molar-refractivity contribution in [3.05, 3.63) is 69.3 Å². The molecule has 2 aliphatic rings. The molecule has 0 bridgehead atoms. The monoisotopic (exact) mass is 462 g/mol. The number of rotatable bonds is 4. The topological polar surface area (TPSA) is 123 Å². The second kappa shape index (κ2) is 10.3. The molecule has 2 aliphatic heterocycles. The fourth-order valence-electron chi connectivity index (χ4n) is 4.35. The van der Waals surface area contributed by atoms with Crippen molar-refractivity contribution in [3.63, 3.8) is 0 Å². The van der Waals surface area contributed by atoms with Gasteiger partial charge in [0.15, 0.2) is 0 Å². The van der Waals surface area contributed by atoms with Gasteiger partial charge in [-0.3, -0.25) is 19.7 Å². The van der Waals surface area contributed by atoms with Gasteiger partial charge in [-0.2, -0.15) is 5.26 Å². The molecule has 10 heteroatoms. The van der Waals surface area contributed by atoms with E-state index in [0.717, 1.165) is 0 Å². The van der Waals surface area contributed by atoms with Gasteiger partial charge >= 0.3 is 0 Å². The van der Waals surface area contributed by atoms with Crippen molar-refractivity contribution in [2.45, 2.75) is 6.42 Å². The normalized spacial score (nSPS) is 16.5. The number of nitrogens with zero attached hydrogens (tertiary/aromatic N) is 5. The summed E-state index contributed by atoms with van der Waals surface area (Å²) in [6, 6.07) is 13.2. The molecule has 2 aromatic rings. The molecule has 0 spiro atoms. The lowest BCUT2D eigenvalue weighted by Crippen LogP contribution is -2.46. The zero-order valence-corrected chi connectivity index (χ0v) is 18.8. The smallest absolute Gasteiger partial charge is 0.293 e. The van der Waals surface area contributed by atoms with Crippen LogP contribution in [0.5, 0.6) is 0 Å². The lowest BCUT2D eigenvalue weighted by atomic mass is 10.1. The minimum atomic E-state index is -0.450. The first kappa shape index (κ1) is 23.2. The van der Waals surface area contributed by atoms with Gasteiger partial charge in [-0.1, -0.05) is 0 Å². The molecule has 2 aromatic carbocycles. The highest BCUT2D eigenvalue weighted by atomic mass is 16.6. The van der Waals surface area contributed by atoms with Gasteiger partial charge in [0.2, 0.25) is 0 Å². The highest BCUT2D eigenvalue weighted by Crippen LogP contribution is 2.31. The molecule has 0 atom stereocenters. The average molecular weight is 463 g/mol. The maximum absolute atomic E-state index is 12.9. The molecule has 2 amide bonds. The number of carbonyl (C=O) groups excluding carboxylic acids is 2. The predicted octanol–water partition coefficient (Wildman–Crippen LogP) is 1.86. The molecular weight excluding hydrogens is 436 g/mol. The van der Waals surface area contributed by atoms with Crippen LogP contribution in [0.2, 0.25) is 0 Å². The van der Waals surface area contributed by atoms with Crippen LogP contribution in [-0.2, 0) is 0 Å². The molecule has 0 aliphatic carbocycles. The Morgan fingerprint density at radius 2 is 1.53 bits per heavy atom. The standard InChI is InChI=1S/C24H26N6O4/c25-17-18-2-4-19(5-3-18)23(31)28-11-1-10-27(14-15-28)21-7-6-20(16-22(21)30(33)34)24(32)29-12-8-26-9-13-29/h2-7,16,26H,1,8-15H2. The number of benzene rings is 2. The van der Waals surface area contributed by atoms with E-state index >= 15 is 0 Å². The van der Waals surface area contributed by atoms with Crippen molar-refractivity contribution in [1.82, 2.24) is 15.1 Å². The summed E-state index contributed by atoms with van der Waals surface area (Å²) in [6.07, 6.45) is 0.653. The lowest BCUT2D eigenvalue weighted by Gasteiger charge is -2.28. The minimum Gasteiger partial charge on any atom is -0.364 e. The molecule has 2 saturated heterocycles. The molecule has 2 heterocycles. The van der Waals surface area contributed by atoms with Gasteiger partial charge in [0, 0.05) is 69.6 Å². The molecule has 0 saturated carbocycles. The van der Waals surface area contributed by atoms with Crippen molar-refractivity contribution in [2.24, 2.45) is 0 Å². The summed E-state index contributed by atoms with van der Waals surface area (Å²) >= 11 is 0. The van der Waals surface area contributed by atoms with Gasteiger partial charge in [0.25, 0.3) is 17.5 Å². The van der Waals surface area contributed by atoms with Gasteiger partial charge in [-0.15, -0.1) is 0 Å². The van der Waals surface area contributed by atoms with Crippen molar-refractivity contribution < 1.29 is 14.5 Å². The second-order valence-corrected chi connectivity index (χ2v) is 8.32. The quantitative estimate of drug-likeness (QED) is 0.543. The minimum absolute atomic E-state index is 0.104. The first-order chi connectivity index (χ1) is 16.5. The van der Waals surface area contributed by atoms with Crippen LogP contribution in [0.15, 0.2) is 42.5 Å². The van der Waals surface area contributed by atoms with E-state index in [1.807, 2.05) is 11.0 Å². The summed E-state index contributed by atoms with van der Waals surface area (Å²) in [6.45, 7) is 4.50. The van der Waals surface area contributed by atoms with Crippen LogP contribution in [0, 0.1) is 21.4 Å². The predicted molar refractivity (Wildman–Crippen MR) is 126 cm³/mol. The summed E-state index contributed by atoms with van der Waals surface area (Å²) in [7, 11) is 0. The molecule has 34 heavy (non-hydrogen) atoms. The number of carbonyl (C=O) groups is 2. The van der Waals surface area contributed by atoms with Crippen LogP contribution in [0.25, 0.3) is 0 Å². The van der Waals surface area contributed by atoms with E-state index < -0.39 is 4.92 Å². The van der Waals surface area contributed by atoms with E-state index in [0.29, 0.717) is 81.2 Å². The molecule has 1 N–H and O–H groups in total. The zero-order valence-electron chi connectivity index (χ0n) is 18.8. The van der Waals surface area contributed by atoms with Crippen LogP contribution in [0.3, 0.4) is 0 Å². The van der Waals surface area contributed by atoms with E-state index in [1.165, 1.54) is 6.07 Å². The molecule has 0 radical (unpaired) electrons. The molecule has 0 aromatic heterocycles. The third-order valence-electron chi connectivity index (χ3n) is 6.21. The summed E-state index contributed by atoms with van der Waals surface area (Å²) in [5.74, 6) is -0.330. The van der Waals surface area contributed by atoms with E-state index in [9.17, 15) is 19.7 Å². The van der Waals surface area contributed by atoms with Gasteiger partial charge in [0.05, 0.1) is 16.6 Å². The number of hydrogen-bond acceptors (Lipinski definition) is 7. The lowest BCUT2D eigenvalue weighted by molar-refractivity contribution is -0.384. The SMILES string of the molecule is N#Cc1ccc(C(=O)N2CCCN(c3ccc(C(=O)N4CCNCC4)cc3[N+](=O)[O-])CC2)cc1. The van der Waals surface area contributed by atoms with Crippen LogP contribution in [0.1, 0.15) is 32.7 Å². The Labute approximate surface area is 197 Å². The number of nitro benzene ring substituents is 1. The summed E-state index contributed by atoms with van der Waals surface area (Å²) in [5, 5.41) is 24.0. The van der Waals surface area contributed by atoms with Crippen molar-refractivity contribution in [1.29, 1.82) is 5.26 Å². The van der Waals surface area contributed by atoms with E-state index in [4.69, 9.17) is 5.26 Å². The van der Waals surface area contributed by atoms with Crippen molar-refractivity contribution in [3.8, 4) is 6.07 Å². The van der Waals surface area contributed by atoms with Crippen LogP contribution >= 0.6 is 0 Å². The number of anilines is 1. The number of nitriles is 1. The highest BCUT2D eigenvalue weighted by Gasteiger charge is 2.27. The number of hydrogen-bond donors (Lipinski definition) is 1. The van der Waals surface area contributed by atoms with Gasteiger partial charge < -0.3 is 20.0 Å². The zero-order chi connectivity index (χ0) is 24.1. The first-order valence-corrected chi connectivity index (χ1v) is 11.3. The molecule has 2 fully saturated rings. The van der Waals surface area contributed by atoms with Gasteiger partial charge in [-0.25, -0.2) is 0 Å². The Morgan fingerprint density at radius 3 is 2.21 bits per heavy atom. The van der Waals surface area contributed by atoms with E-state index in [-0.39, 0.29) is 17.5 Å². The summed E-state index contributed by atoms with van der Waals surface area (Å²) in [5.41, 5.74) is 1.66. The Hall–Kier alpha value is -3.97. The van der Waals surface area contributed by atoms with Crippen LogP contribution < -0.4 is 10.2 Å². The number of nitrogens with one attached hydrogen (secondary N) is 1. The Kier molecular flexibility index (Phi) is 7.04. The van der Waals surface area contributed by atoms with E-state index in [1.54, 1.807) is 46.2 Å².